The molecule has 0 saturated heterocycles. The smallest absolute Gasteiger partial charge is 0.0195 e. The van der Waals surface area contributed by atoms with Gasteiger partial charge in [0.15, 0.2) is 0 Å². The van der Waals surface area contributed by atoms with Gasteiger partial charge in [0.05, 0.1) is 0 Å². The van der Waals surface area contributed by atoms with Gasteiger partial charge in [-0.05, 0) is 113 Å². The highest BCUT2D eigenvalue weighted by Gasteiger charge is 2.59. The largest absolute Gasteiger partial charge is 0.0654 e. The summed E-state index contributed by atoms with van der Waals surface area (Å²) in [5, 5.41) is 0. The third kappa shape index (κ3) is 7.55. The van der Waals surface area contributed by atoms with Crippen LogP contribution in [0, 0.1) is 74.9 Å². The Kier molecular flexibility index (Phi) is 12.8. The molecule has 0 aromatic heterocycles. The highest BCUT2D eigenvalue weighted by Crippen LogP contribution is 2.66. The lowest BCUT2D eigenvalue weighted by Crippen LogP contribution is -2.57. The molecule has 40 heavy (non-hydrogen) atoms. The number of fused-ring (bicyclic) bond motifs is 1. The molecule has 0 aliphatic heterocycles. The summed E-state index contributed by atoms with van der Waals surface area (Å²) in [6, 6.07) is 0. The summed E-state index contributed by atoms with van der Waals surface area (Å²) in [4.78, 5) is 0. The van der Waals surface area contributed by atoms with Gasteiger partial charge in [-0.25, -0.2) is 0 Å². The number of hydrogen-bond donors (Lipinski definition) is 0. The molecule has 2 aliphatic carbocycles. The Balaban J connectivity index is 2.85. The Bertz CT molecular complexity index is 738. The van der Waals surface area contributed by atoms with Crippen LogP contribution in [0.25, 0.3) is 0 Å². The Morgan fingerprint density at radius 3 is 1.85 bits per heavy atom. The maximum atomic E-state index is 2.79. The molecule has 10 unspecified atom stereocenters. The fourth-order valence-electron chi connectivity index (χ4n) is 10.6. The first kappa shape index (κ1) is 36.2. The van der Waals surface area contributed by atoms with Gasteiger partial charge in [0.25, 0.3) is 0 Å². The Labute approximate surface area is 255 Å². The first-order valence-electron chi connectivity index (χ1n) is 18.4. The van der Waals surface area contributed by atoms with Crippen LogP contribution >= 0.6 is 0 Å². The maximum Gasteiger partial charge on any atom is -0.0195 e. The van der Waals surface area contributed by atoms with Crippen LogP contribution in [0.2, 0.25) is 0 Å². The lowest BCUT2D eigenvalue weighted by molar-refractivity contribution is -0.154. The van der Waals surface area contributed by atoms with Gasteiger partial charge in [-0.1, -0.05) is 142 Å². The van der Waals surface area contributed by atoms with Gasteiger partial charge in [0.2, 0.25) is 0 Å². The van der Waals surface area contributed by atoms with Crippen molar-refractivity contribution in [3.63, 3.8) is 0 Å². The topological polar surface area (TPSA) is 0 Å². The lowest BCUT2D eigenvalue weighted by Gasteiger charge is -2.64. The van der Waals surface area contributed by atoms with Gasteiger partial charge in [-0.3, -0.25) is 0 Å². The molecular weight excluding hydrogens is 480 g/mol. The Morgan fingerprint density at radius 2 is 1.35 bits per heavy atom. The minimum Gasteiger partial charge on any atom is -0.0654 e. The van der Waals surface area contributed by atoms with Crippen molar-refractivity contribution >= 4 is 0 Å². The molecule has 2 aliphatic rings. The van der Waals surface area contributed by atoms with Crippen LogP contribution in [0.5, 0.6) is 0 Å². The van der Waals surface area contributed by atoms with Gasteiger partial charge in [-0.2, -0.15) is 0 Å². The summed E-state index contributed by atoms with van der Waals surface area (Å²) >= 11 is 0. The Morgan fingerprint density at radius 1 is 0.750 bits per heavy atom. The molecule has 0 aromatic rings. The van der Waals surface area contributed by atoms with Gasteiger partial charge in [0.1, 0.15) is 0 Å². The second-order valence-corrected chi connectivity index (χ2v) is 18.3. The number of rotatable bonds is 7. The van der Waals surface area contributed by atoms with Crippen molar-refractivity contribution in [2.45, 2.75) is 181 Å². The second kappa shape index (κ2) is 14.2. The highest BCUT2D eigenvalue weighted by molar-refractivity contribution is 5.08. The van der Waals surface area contributed by atoms with Crippen molar-refractivity contribution in [2.75, 3.05) is 0 Å². The Hall–Kier alpha value is 0. The monoisotopic (exact) mass is 559 g/mol. The minimum absolute atomic E-state index is 0.300. The maximum absolute atomic E-state index is 2.79. The first-order valence-corrected chi connectivity index (χ1v) is 18.4. The lowest BCUT2D eigenvalue weighted by atomic mass is 9.41. The zero-order chi connectivity index (χ0) is 30.7. The fourth-order valence-corrected chi connectivity index (χ4v) is 10.6. The van der Waals surface area contributed by atoms with E-state index in [1.54, 1.807) is 0 Å². The van der Waals surface area contributed by atoms with E-state index in [4.69, 9.17) is 0 Å². The zero-order valence-electron chi connectivity index (χ0n) is 30.7. The van der Waals surface area contributed by atoms with Crippen molar-refractivity contribution in [1.82, 2.24) is 0 Å². The quantitative estimate of drug-likeness (QED) is 0.291. The molecule has 0 bridgehead atoms. The van der Waals surface area contributed by atoms with E-state index in [0.29, 0.717) is 27.6 Å². The van der Waals surface area contributed by atoms with E-state index in [2.05, 4.69) is 104 Å². The third-order valence-corrected chi connectivity index (χ3v) is 14.7. The average molecular weight is 559 g/mol. The molecule has 0 heterocycles. The van der Waals surface area contributed by atoms with Crippen LogP contribution in [0.15, 0.2) is 0 Å². The molecule has 2 rings (SSSR count). The van der Waals surface area contributed by atoms with Crippen molar-refractivity contribution in [3.05, 3.63) is 0 Å². The van der Waals surface area contributed by atoms with Crippen LogP contribution in [0.3, 0.4) is 0 Å². The van der Waals surface area contributed by atoms with Crippen molar-refractivity contribution in [2.24, 2.45) is 74.9 Å². The predicted octanol–water partition coefficient (Wildman–Crippen LogP) is 13.5. The van der Waals surface area contributed by atoms with Crippen LogP contribution in [-0.2, 0) is 0 Å². The normalized spacial score (nSPS) is 39.9. The molecule has 0 aromatic carbocycles. The summed E-state index contributed by atoms with van der Waals surface area (Å²) in [6.07, 6.45) is 17.0. The average Bonchev–Trinajstić information content (AvgIpc) is 2.95. The van der Waals surface area contributed by atoms with Gasteiger partial charge >= 0.3 is 0 Å². The van der Waals surface area contributed by atoms with E-state index in [9.17, 15) is 0 Å². The van der Waals surface area contributed by atoms with E-state index in [-0.39, 0.29) is 0 Å². The molecule has 0 nitrogen and oxygen atoms in total. The zero-order valence-corrected chi connectivity index (χ0v) is 30.7. The molecule has 2 fully saturated rings. The van der Waals surface area contributed by atoms with Gasteiger partial charge < -0.3 is 0 Å². The molecule has 0 amide bonds. The van der Waals surface area contributed by atoms with Crippen molar-refractivity contribution < 1.29 is 0 Å². The van der Waals surface area contributed by atoms with E-state index >= 15 is 0 Å². The van der Waals surface area contributed by atoms with Crippen molar-refractivity contribution in [1.29, 1.82) is 0 Å². The van der Waals surface area contributed by atoms with Crippen LogP contribution in [-0.4, -0.2) is 0 Å². The molecule has 0 radical (unpaired) electrons. The minimum atomic E-state index is 0.300. The van der Waals surface area contributed by atoms with Crippen LogP contribution in [0.4, 0.5) is 0 Å². The molecule has 0 spiro atoms. The second-order valence-electron chi connectivity index (χ2n) is 18.3. The van der Waals surface area contributed by atoms with E-state index < -0.39 is 0 Å². The van der Waals surface area contributed by atoms with E-state index in [0.717, 1.165) is 47.3 Å². The highest BCUT2D eigenvalue weighted by atomic mass is 14.6. The SMILES string of the molecule is CCCC(C)C1CC(C(C)(C)C)CC2CCC(C)CCC(C(C)CC)CC2C(C)(C)C(C)(C(C)C)C(C)(CC)C1. The van der Waals surface area contributed by atoms with Gasteiger partial charge in [-0.15, -0.1) is 0 Å². The molecule has 10 atom stereocenters. The molecule has 0 heteroatoms. The van der Waals surface area contributed by atoms with E-state index in [1.165, 1.54) is 77.0 Å². The number of hydrogen-bond acceptors (Lipinski definition) is 0. The first-order chi connectivity index (χ1) is 18.4. The van der Waals surface area contributed by atoms with Gasteiger partial charge in [0, 0.05) is 0 Å². The van der Waals surface area contributed by atoms with Crippen LogP contribution in [0.1, 0.15) is 181 Å². The summed E-state index contributed by atoms with van der Waals surface area (Å²) in [5.41, 5.74) is 1.33. The summed E-state index contributed by atoms with van der Waals surface area (Å²) in [7, 11) is 0. The third-order valence-electron chi connectivity index (χ3n) is 14.7. The van der Waals surface area contributed by atoms with E-state index in [1.807, 2.05) is 0 Å². The standard InChI is InChI=1S/C40H78/c1-16-19-31(8)34-25-35(37(9,10)11)24-33-23-21-29(6)20-22-32(30(7)17-2)26-36(33)38(12,13)40(15,28(4)5)39(14,18-3)27-34/h28-36H,16-27H2,1-15H3. The predicted molar refractivity (Wildman–Crippen MR) is 182 cm³/mol. The van der Waals surface area contributed by atoms with Crippen molar-refractivity contribution in [3.8, 4) is 0 Å². The summed E-state index contributed by atoms with van der Waals surface area (Å²) < 4.78 is 0. The molecule has 0 N–H and O–H groups in total. The van der Waals surface area contributed by atoms with Crippen LogP contribution < -0.4 is 0 Å². The molecule has 2 saturated carbocycles. The molecule has 238 valence electrons. The summed E-state index contributed by atoms with van der Waals surface area (Å²) in [5.74, 6) is 7.44. The summed E-state index contributed by atoms with van der Waals surface area (Å²) in [6.45, 7) is 39.3. The fraction of sp³-hybridized carbons (Fsp3) is 1.00. The molecular formula is C40H78.